The largest absolute Gasteiger partial charge is 0.496 e. The minimum absolute atomic E-state index is 0.306. The van der Waals surface area contributed by atoms with Crippen LogP contribution in [0.1, 0.15) is 58.3 Å². The van der Waals surface area contributed by atoms with E-state index in [0.717, 1.165) is 41.8 Å². The smallest absolute Gasteiger partial charge is 0.250 e. The highest BCUT2D eigenvalue weighted by Crippen LogP contribution is 2.30. The summed E-state index contributed by atoms with van der Waals surface area (Å²) in [5, 5.41) is 17.0. The van der Waals surface area contributed by atoms with Gasteiger partial charge in [-0.05, 0) is 79.6 Å². The van der Waals surface area contributed by atoms with E-state index in [1.165, 1.54) is 43.4 Å². The summed E-state index contributed by atoms with van der Waals surface area (Å²) < 4.78 is 6.29. The summed E-state index contributed by atoms with van der Waals surface area (Å²) in [6.07, 6.45) is 11.8. The highest BCUT2D eigenvalue weighted by molar-refractivity contribution is 14.1. The molecule has 35 heavy (non-hydrogen) atoms. The summed E-state index contributed by atoms with van der Waals surface area (Å²) in [6, 6.07) is 6.40. The van der Waals surface area contributed by atoms with Gasteiger partial charge in [0.2, 0.25) is 17.8 Å². The monoisotopic (exact) mass is 590 g/mol. The SMILES string of the molecule is CCN1CCCC1CNc1nc(NC2CCCCCC2)nc(N(C#N)c2ccc(OC)c(I)c2)n1. The number of likely N-dealkylation sites (tertiary alicyclic amines) is 1. The van der Waals surface area contributed by atoms with Crippen molar-refractivity contribution in [1.29, 1.82) is 5.26 Å². The number of nitriles is 1. The van der Waals surface area contributed by atoms with E-state index in [1.54, 1.807) is 7.11 Å². The number of hydrogen-bond donors (Lipinski definition) is 2. The zero-order valence-electron chi connectivity index (χ0n) is 20.6. The predicted octanol–water partition coefficient (Wildman–Crippen LogP) is 5.13. The number of nitrogens with one attached hydrogen (secondary N) is 2. The molecule has 2 N–H and O–H groups in total. The Morgan fingerprint density at radius 1 is 1.11 bits per heavy atom. The molecule has 1 aromatic heterocycles. The van der Waals surface area contributed by atoms with Crippen LogP contribution in [0.3, 0.4) is 0 Å². The molecule has 4 rings (SSSR count). The zero-order chi connectivity index (χ0) is 24.6. The maximum atomic E-state index is 10.1. The van der Waals surface area contributed by atoms with Crippen LogP contribution < -0.4 is 20.3 Å². The van der Waals surface area contributed by atoms with E-state index < -0.39 is 0 Å². The molecule has 1 saturated carbocycles. The Morgan fingerprint density at radius 2 is 1.89 bits per heavy atom. The molecule has 2 aromatic rings. The molecule has 2 aliphatic rings. The Hall–Kier alpha value is -2.39. The first-order valence-corrected chi connectivity index (χ1v) is 13.7. The summed E-state index contributed by atoms with van der Waals surface area (Å²) in [5.41, 5.74) is 0.684. The summed E-state index contributed by atoms with van der Waals surface area (Å²) >= 11 is 2.21. The average Bonchev–Trinajstić information content (AvgIpc) is 3.18. The van der Waals surface area contributed by atoms with Crippen LogP contribution in [0.25, 0.3) is 0 Å². The third-order valence-corrected chi connectivity index (χ3v) is 7.75. The van der Waals surface area contributed by atoms with Gasteiger partial charge >= 0.3 is 0 Å². The minimum atomic E-state index is 0.306. The van der Waals surface area contributed by atoms with E-state index in [0.29, 0.717) is 35.6 Å². The van der Waals surface area contributed by atoms with Crippen molar-refractivity contribution in [3.63, 3.8) is 0 Å². The van der Waals surface area contributed by atoms with Crippen molar-refractivity contribution >= 4 is 46.1 Å². The van der Waals surface area contributed by atoms with Gasteiger partial charge in [0.25, 0.3) is 0 Å². The lowest BCUT2D eigenvalue weighted by Crippen LogP contribution is -2.35. The second-order valence-electron chi connectivity index (χ2n) is 9.18. The molecule has 1 unspecified atom stereocenters. The first-order valence-electron chi connectivity index (χ1n) is 12.6. The van der Waals surface area contributed by atoms with Gasteiger partial charge in [-0.15, -0.1) is 0 Å². The van der Waals surface area contributed by atoms with Crippen LogP contribution in [-0.4, -0.2) is 58.7 Å². The van der Waals surface area contributed by atoms with E-state index in [-0.39, 0.29) is 0 Å². The van der Waals surface area contributed by atoms with Gasteiger partial charge in [-0.1, -0.05) is 32.6 Å². The van der Waals surface area contributed by atoms with E-state index in [2.05, 4.69) is 61.2 Å². The van der Waals surface area contributed by atoms with Crippen molar-refractivity contribution < 1.29 is 4.74 Å². The number of rotatable bonds is 9. The van der Waals surface area contributed by atoms with Crippen molar-refractivity contribution in [2.24, 2.45) is 0 Å². The van der Waals surface area contributed by atoms with Gasteiger partial charge in [0.05, 0.1) is 16.4 Å². The highest BCUT2D eigenvalue weighted by atomic mass is 127. The van der Waals surface area contributed by atoms with Crippen LogP contribution in [0.15, 0.2) is 18.2 Å². The molecule has 0 amide bonds. The van der Waals surface area contributed by atoms with Gasteiger partial charge in [-0.25, -0.2) is 4.90 Å². The number of anilines is 4. The van der Waals surface area contributed by atoms with E-state index in [9.17, 15) is 5.26 Å². The van der Waals surface area contributed by atoms with Crippen molar-refractivity contribution in [3.8, 4) is 11.9 Å². The summed E-state index contributed by atoms with van der Waals surface area (Å²) in [4.78, 5) is 18.0. The lowest BCUT2D eigenvalue weighted by atomic mass is 10.1. The molecule has 188 valence electrons. The zero-order valence-corrected chi connectivity index (χ0v) is 22.8. The van der Waals surface area contributed by atoms with Gasteiger partial charge < -0.3 is 15.4 Å². The molecule has 1 aliphatic heterocycles. The Morgan fingerprint density at radius 3 is 2.57 bits per heavy atom. The molecule has 0 bridgehead atoms. The van der Waals surface area contributed by atoms with Crippen LogP contribution in [0.5, 0.6) is 5.75 Å². The first-order chi connectivity index (χ1) is 17.1. The lowest BCUT2D eigenvalue weighted by Gasteiger charge is -2.23. The second kappa shape index (κ2) is 12.5. The minimum Gasteiger partial charge on any atom is -0.496 e. The van der Waals surface area contributed by atoms with E-state index in [4.69, 9.17) is 9.72 Å². The molecule has 9 nitrogen and oxygen atoms in total. The Balaban J connectivity index is 1.61. The molecule has 1 saturated heterocycles. The summed E-state index contributed by atoms with van der Waals surface area (Å²) in [6.45, 7) is 5.15. The number of aromatic nitrogens is 3. The van der Waals surface area contributed by atoms with E-state index in [1.807, 2.05) is 18.2 Å². The van der Waals surface area contributed by atoms with Gasteiger partial charge in [-0.2, -0.15) is 20.2 Å². The molecule has 1 atom stereocenters. The fraction of sp³-hybridized carbons (Fsp3) is 0.600. The molecule has 1 aromatic carbocycles. The van der Waals surface area contributed by atoms with Crippen LogP contribution in [0.2, 0.25) is 0 Å². The number of methoxy groups -OCH3 is 1. The maximum absolute atomic E-state index is 10.1. The molecule has 0 radical (unpaired) electrons. The number of nitrogens with zero attached hydrogens (tertiary/aromatic N) is 6. The molecular weight excluding hydrogens is 555 g/mol. The second-order valence-corrected chi connectivity index (χ2v) is 10.3. The number of hydrogen-bond acceptors (Lipinski definition) is 9. The van der Waals surface area contributed by atoms with Gasteiger partial charge in [-0.3, -0.25) is 4.90 Å². The number of ether oxygens (including phenoxy) is 1. The standard InChI is InChI=1S/C25H35IN8O/c1-3-33-14-8-11-20(33)16-28-23-30-24(29-18-9-6-4-5-7-10-18)32-25(31-23)34(17-27)19-12-13-22(35-2)21(26)15-19/h12-13,15,18,20H,3-11,14,16H2,1-2H3,(H2,28,29,30,31,32). The van der Waals surface area contributed by atoms with Crippen LogP contribution in [0, 0.1) is 15.0 Å². The third-order valence-electron chi connectivity index (χ3n) is 6.91. The molecule has 10 heteroatoms. The van der Waals surface area contributed by atoms with Crippen molar-refractivity contribution in [2.45, 2.75) is 70.4 Å². The van der Waals surface area contributed by atoms with Crippen molar-refractivity contribution in [3.05, 3.63) is 21.8 Å². The fourth-order valence-corrected chi connectivity index (χ4v) is 5.70. The molecule has 1 aliphatic carbocycles. The molecule has 0 spiro atoms. The predicted molar refractivity (Wildman–Crippen MR) is 147 cm³/mol. The van der Waals surface area contributed by atoms with Gasteiger partial charge in [0.15, 0.2) is 6.19 Å². The Kier molecular flexibility index (Phi) is 9.20. The van der Waals surface area contributed by atoms with Crippen LogP contribution in [0.4, 0.5) is 23.5 Å². The Bertz CT molecular complexity index is 1020. The number of halogens is 1. The normalized spacial score (nSPS) is 19.1. The van der Waals surface area contributed by atoms with Crippen molar-refractivity contribution in [1.82, 2.24) is 19.9 Å². The summed E-state index contributed by atoms with van der Waals surface area (Å²) in [7, 11) is 1.64. The average molecular weight is 591 g/mol. The molecular formula is C25H35IN8O. The quantitative estimate of drug-likeness (QED) is 0.178. The Labute approximate surface area is 221 Å². The highest BCUT2D eigenvalue weighted by Gasteiger charge is 2.24. The first kappa shape index (κ1) is 25.7. The van der Waals surface area contributed by atoms with Crippen molar-refractivity contribution in [2.75, 3.05) is 42.3 Å². The number of likely N-dealkylation sites (N-methyl/N-ethyl adjacent to an activating group) is 1. The molecule has 2 fully saturated rings. The topological polar surface area (TPSA) is 102 Å². The van der Waals surface area contributed by atoms with Gasteiger partial charge in [0.1, 0.15) is 5.75 Å². The maximum Gasteiger partial charge on any atom is 0.250 e. The lowest BCUT2D eigenvalue weighted by molar-refractivity contribution is 0.277. The van der Waals surface area contributed by atoms with Crippen LogP contribution in [-0.2, 0) is 0 Å². The van der Waals surface area contributed by atoms with Gasteiger partial charge in [0, 0.05) is 18.6 Å². The third kappa shape index (κ3) is 6.64. The summed E-state index contributed by atoms with van der Waals surface area (Å²) in [5.74, 6) is 2.09. The molecule has 2 heterocycles. The number of benzene rings is 1. The van der Waals surface area contributed by atoms with Crippen LogP contribution >= 0.6 is 22.6 Å². The van der Waals surface area contributed by atoms with E-state index >= 15 is 0 Å². The fourth-order valence-electron chi connectivity index (χ4n) is 4.98.